The van der Waals surface area contributed by atoms with E-state index in [-0.39, 0.29) is 0 Å². The molecule has 1 aromatic rings. The molecule has 0 aliphatic heterocycles. The molecule has 0 aliphatic rings. The summed E-state index contributed by atoms with van der Waals surface area (Å²) in [5.74, 6) is 0. The van der Waals surface area contributed by atoms with Gasteiger partial charge in [-0.05, 0) is 0 Å². The van der Waals surface area contributed by atoms with Crippen LogP contribution in [0.3, 0.4) is 0 Å². The minimum absolute atomic E-state index is 0.943. The van der Waals surface area contributed by atoms with Crippen molar-refractivity contribution in [3.05, 3.63) is 15.9 Å². The van der Waals surface area contributed by atoms with Crippen molar-refractivity contribution in [1.82, 2.24) is 0 Å². The molecule has 1 rings (SSSR count). The molecule has 4 heteroatoms. The van der Waals surface area contributed by atoms with Gasteiger partial charge in [0.05, 0.1) is 0 Å². The van der Waals surface area contributed by atoms with Gasteiger partial charge in [0.2, 0.25) is 0 Å². The molecule has 8 heavy (non-hydrogen) atoms. The monoisotopic (exact) mass is 430 g/mol. The van der Waals surface area contributed by atoms with Crippen molar-refractivity contribution in [3.8, 4) is 0 Å². The Hall–Kier alpha value is 1.24. The van der Waals surface area contributed by atoms with E-state index in [2.05, 4.69) is 22.6 Å². The zero-order valence-electron chi connectivity index (χ0n) is 4.03. The van der Waals surface area contributed by atoms with Crippen molar-refractivity contribution >= 4 is 34.1 Å². The summed E-state index contributed by atoms with van der Waals surface area (Å²) in [6.45, 7) is 0. The molecule has 0 bridgehead atoms. The van der Waals surface area contributed by atoms with E-state index >= 15 is 0 Å². The van der Waals surface area contributed by atoms with E-state index in [0.717, 1.165) is 7.04 Å². The third-order valence-corrected chi connectivity index (χ3v) is 6.15. The van der Waals surface area contributed by atoms with Crippen molar-refractivity contribution in [3.63, 3.8) is 0 Å². The summed E-state index contributed by atoms with van der Waals surface area (Å²) < 4.78 is 7.18. The third-order valence-electron chi connectivity index (χ3n) is 0.761. The van der Waals surface area contributed by atoms with Crippen LogP contribution in [0, 0.1) is 3.77 Å². The molecule has 0 aliphatic carbocycles. The van der Waals surface area contributed by atoms with Gasteiger partial charge in [0.1, 0.15) is 0 Å². The van der Waals surface area contributed by atoms with Crippen LogP contribution >= 0.6 is 30.8 Å². The van der Waals surface area contributed by atoms with Crippen molar-refractivity contribution < 1.29 is 27.8 Å². The first kappa shape index (κ1) is 7.34. The maximum absolute atomic E-state index is 5.67. The van der Waals surface area contributed by atoms with E-state index in [4.69, 9.17) is 12.7 Å². The van der Waals surface area contributed by atoms with Crippen LogP contribution in [0.2, 0.25) is 0 Å². The fraction of sp³-hybridized carbons (Fsp3) is 0. The third kappa shape index (κ3) is 1.88. The Bertz CT molecular complexity index is 176. The number of furan rings is 1. The molecule has 0 saturated carbocycles. The van der Waals surface area contributed by atoms with Gasteiger partial charge in [0.25, 0.3) is 0 Å². The zero-order valence-corrected chi connectivity index (χ0v) is 12.4. The summed E-state index contributed by atoms with van der Waals surface area (Å²) in [6, 6.07) is 3.91. The molecule has 0 saturated heterocycles. The Morgan fingerprint density at radius 3 is 2.62 bits per heavy atom. The topological polar surface area (TPSA) is 13.1 Å². The van der Waals surface area contributed by atoms with Crippen LogP contribution in [0.5, 0.6) is 0 Å². The van der Waals surface area contributed by atoms with Crippen LogP contribution in [0.25, 0.3) is 0 Å². The van der Waals surface area contributed by atoms with Crippen LogP contribution in [0.1, 0.15) is 0 Å². The van der Waals surface area contributed by atoms with Crippen molar-refractivity contribution in [1.29, 1.82) is 0 Å². The number of hydrogen-bond acceptors (Lipinski definition) is 1. The molecule has 0 fully saturated rings. The minimum atomic E-state index is -1.22. The normalized spacial score (nSPS) is 8.75. The van der Waals surface area contributed by atoms with E-state index in [0.29, 0.717) is 0 Å². The van der Waals surface area contributed by atoms with E-state index in [1.54, 1.807) is 0 Å². The maximum atomic E-state index is 5.67. The molecule has 1 heterocycles. The van der Waals surface area contributed by atoms with Crippen LogP contribution in [-0.4, -0.2) is 0 Å². The molecule has 40 valence electrons. The zero-order chi connectivity index (χ0) is 5.98. The molecule has 0 radical (unpaired) electrons. The van der Waals surface area contributed by atoms with E-state index in [1.165, 1.54) is 0 Å². The van der Waals surface area contributed by atoms with E-state index in [1.807, 2.05) is 12.1 Å². The van der Waals surface area contributed by atoms with E-state index in [9.17, 15) is 0 Å². The Kier molecular flexibility index (Phi) is 3.13. The quantitative estimate of drug-likeness (QED) is 0.490. The van der Waals surface area contributed by atoms with Gasteiger partial charge in [0, 0.05) is 0 Å². The predicted molar refractivity (Wildman–Crippen MR) is 36.9 cm³/mol. The van der Waals surface area contributed by atoms with Gasteiger partial charge in [-0.1, -0.05) is 0 Å². The summed E-state index contributed by atoms with van der Waals surface area (Å²) >= 11 is 0.918. The predicted octanol–water partition coefficient (Wildman–Crippen LogP) is 1.75. The van der Waals surface area contributed by atoms with Gasteiger partial charge >= 0.3 is 77.8 Å². The number of hydrogen-bond donors (Lipinski definition) is 0. The molecular weight excluding hydrogens is 427 g/mol. The standard InChI is InChI=1S/C4H2IO.ClH.Hg/c5-4-2-1-3-6-4;;/h1-2H;1H;/q;;+1/p-1. The summed E-state index contributed by atoms with van der Waals surface area (Å²) in [7, 11) is 5.67. The van der Waals surface area contributed by atoms with Gasteiger partial charge in [-0.3, -0.25) is 0 Å². The molecule has 1 nitrogen and oxygen atoms in total. The van der Waals surface area contributed by atoms with Crippen molar-refractivity contribution in [2.24, 2.45) is 0 Å². The molecule has 0 N–H and O–H groups in total. The molecular formula is C4H2ClHgIO. The van der Waals surface area contributed by atoms with Gasteiger partial charge < -0.3 is 0 Å². The second-order valence-corrected chi connectivity index (χ2v) is 8.50. The first-order valence-electron chi connectivity index (χ1n) is 2.13. The van der Waals surface area contributed by atoms with E-state index < -0.39 is 23.3 Å². The fourth-order valence-electron chi connectivity index (χ4n) is 0.424. The second-order valence-electron chi connectivity index (χ2n) is 1.34. The van der Waals surface area contributed by atoms with Crippen LogP contribution in [-0.2, 0) is 23.3 Å². The summed E-state index contributed by atoms with van der Waals surface area (Å²) in [5, 5.41) is 0. The van der Waals surface area contributed by atoms with Gasteiger partial charge in [-0.25, -0.2) is 0 Å². The van der Waals surface area contributed by atoms with Gasteiger partial charge in [-0.15, -0.1) is 0 Å². The van der Waals surface area contributed by atoms with Gasteiger partial charge in [-0.2, -0.15) is 0 Å². The van der Waals surface area contributed by atoms with Gasteiger partial charge in [0.15, 0.2) is 0 Å². The summed E-state index contributed by atoms with van der Waals surface area (Å²) in [5.41, 5.74) is 0. The van der Waals surface area contributed by atoms with Crippen molar-refractivity contribution in [2.75, 3.05) is 0 Å². The number of halogens is 2. The summed E-state index contributed by atoms with van der Waals surface area (Å²) in [6.07, 6.45) is 0. The molecule has 0 atom stereocenters. The first-order chi connectivity index (χ1) is 3.83. The molecule has 0 unspecified atom stereocenters. The summed E-state index contributed by atoms with van der Waals surface area (Å²) in [4.78, 5) is 0. The first-order valence-corrected chi connectivity index (χ1v) is 12.7. The second kappa shape index (κ2) is 3.42. The molecule has 0 aromatic carbocycles. The Morgan fingerprint density at radius 2 is 2.38 bits per heavy atom. The molecule has 0 amide bonds. The SMILES string of the molecule is [Cl][Hg][c]1ccc(I)o1. The molecule has 1 aromatic heterocycles. The fourth-order valence-corrected chi connectivity index (χ4v) is 4.91. The Balaban J connectivity index is 2.84. The number of rotatable bonds is 1. The van der Waals surface area contributed by atoms with Crippen LogP contribution in [0.15, 0.2) is 16.5 Å². The Morgan fingerprint density at radius 1 is 1.62 bits per heavy atom. The average molecular weight is 429 g/mol. The van der Waals surface area contributed by atoms with Crippen LogP contribution < -0.4 is 3.27 Å². The Labute approximate surface area is 76.8 Å². The average Bonchev–Trinajstić information content (AvgIpc) is 2.14. The van der Waals surface area contributed by atoms with Crippen LogP contribution in [0.4, 0.5) is 0 Å². The van der Waals surface area contributed by atoms with Crippen molar-refractivity contribution in [2.45, 2.75) is 0 Å². The molecule has 0 spiro atoms.